The maximum atomic E-state index is 12.0. The van der Waals surface area contributed by atoms with E-state index in [1.165, 1.54) is 0 Å². The molecule has 17 heavy (non-hydrogen) atoms. The summed E-state index contributed by atoms with van der Waals surface area (Å²) in [7, 11) is 0. The first kappa shape index (κ1) is 11.5. The van der Waals surface area contributed by atoms with Crippen molar-refractivity contribution in [1.29, 1.82) is 0 Å². The van der Waals surface area contributed by atoms with Crippen LogP contribution in [0.25, 0.3) is 10.4 Å². The molecule has 0 aliphatic carbocycles. The van der Waals surface area contributed by atoms with Crippen LogP contribution in [0.5, 0.6) is 0 Å². The molecule has 0 radical (unpaired) electrons. The van der Waals surface area contributed by atoms with Gasteiger partial charge in [-0.25, -0.2) is 0 Å². The van der Waals surface area contributed by atoms with Crippen LogP contribution in [-0.4, -0.2) is 19.0 Å². The second-order valence-electron chi connectivity index (χ2n) is 4.15. The van der Waals surface area contributed by atoms with Crippen molar-refractivity contribution in [2.75, 3.05) is 18.0 Å². The van der Waals surface area contributed by atoms with Crippen LogP contribution >= 0.6 is 0 Å². The van der Waals surface area contributed by atoms with Gasteiger partial charge >= 0.3 is 0 Å². The van der Waals surface area contributed by atoms with Gasteiger partial charge in [-0.1, -0.05) is 23.3 Å². The number of para-hydroxylation sites is 1. The lowest BCUT2D eigenvalue weighted by Crippen LogP contribution is -2.39. The summed E-state index contributed by atoms with van der Waals surface area (Å²) in [5.41, 5.74) is 9.20. The molecular formula is C12H14N4O. The fraction of sp³-hybridized carbons (Fsp3) is 0.417. The first-order chi connectivity index (χ1) is 8.31. The number of carbonyl (C=O) groups excluding carboxylic acids is 1. The SMILES string of the molecule is [N-]=[N+]=NCC1CCN(c2ccccc2)C(=O)C1. The zero-order chi connectivity index (χ0) is 12.1. The first-order valence-corrected chi connectivity index (χ1v) is 5.67. The molecule has 0 N–H and O–H groups in total. The van der Waals surface area contributed by atoms with Crippen LogP contribution in [0.3, 0.4) is 0 Å². The van der Waals surface area contributed by atoms with Gasteiger partial charge in [0.15, 0.2) is 0 Å². The molecule has 5 nitrogen and oxygen atoms in total. The molecule has 1 aromatic carbocycles. The normalized spacial score (nSPS) is 19.9. The Morgan fingerprint density at radius 2 is 2.18 bits per heavy atom. The molecule has 0 spiro atoms. The minimum Gasteiger partial charge on any atom is -0.312 e. The topological polar surface area (TPSA) is 69.1 Å². The van der Waals surface area contributed by atoms with E-state index in [2.05, 4.69) is 10.0 Å². The van der Waals surface area contributed by atoms with Crippen molar-refractivity contribution in [1.82, 2.24) is 0 Å². The number of hydrogen-bond donors (Lipinski definition) is 0. The van der Waals surface area contributed by atoms with Gasteiger partial charge in [-0.05, 0) is 30.0 Å². The van der Waals surface area contributed by atoms with Gasteiger partial charge in [0.1, 0.15) is 0 Å². The van der Waals surface area contributed by atoms with Crippen LogP contribution < -0.4 is 4.90 Å². The number of benzene rings is 1. The summed E-state index contributed by atoms with van der Waals surface area (Å²) in [4.78, 5) is 16.5. The van der Waals surface area contributed by atoms with E-state index in [1.54, 1.807) is 4.90 Å². The Morgan fingerprint density at radius 3 is 2.82 bits per heavy atom. The molecular weight excluding hydrogens is 216 g/mol. The minimum atomic E-state index is 0.112. The lowest BCUT2D eigenvalue weighted by molar-refractivity contribution is -0.120. The van der Waals surface area contributed by atoms with Crippen LogP contribution in [0.1, 0.15) is 12.8 Å². The Balaban J connectivity index is 2.01. The number of azide groups is 1. The van der Waals surface area contributed by atoms with Crippen molar-refractivity contribution in [2.45, 2.75) is 12.8 Å². The predicted molar refractivity (Wildman–Crippen MR) is 65.5 cm³/mol. The standard InChI is InChI=1S/C12H14N4O/c13-15-14-9-10-6-7-16(12(17)8-10)11-4-2-1-3-5-11/h1-5,10H,6-9H2. The fourth-order valence-corrected chi connectivity index (χ4v) is 2.08. The molecule has 0 bridgehead atoms. The van der Waals surface area contributed by atoms with Crippen LogP contribution in [0, 0.1) is 5.92 Å². The number of nitrogens with zero attached hydrogens (tertiary/aromatic N) is 4. The van der Waals surface area contributed by atoms with Gasteiger partial charge in [-0.15, -0.1) is 0 Å². The number of hydrogen-bond acceptors (Lipinski definition) is 2. The lowest BCUT2D eigenvalue weighted by Gasteiger charge is -2.31. The van der Waals surface area contributed by atoms with E-state index in [-0.39, 0.29) is 11.8 Å². The van der Waals surface area contributed by atoms with Crippen molar-refractivity contribution < 1.29 is 4.79 Å². The Kier molecular flexibility index (Phi) is 3.62. The largest absolute Gasteiger partial charge is 0.312 e. The van der Waals surface area contributed by atoms with E-state index in [4.69, 9.17) is 5.53 Å². The first-order valence-electron chi connectivity index (χ1n) is 5.67. The quantitative estimate of drug-likeness (QED) is 0.447. The average molecular weight is 230 g/mol. The number of rotatable bonds is 3. The van der Waals surface area contributed by atoms with Gasteiger partial charge in [0.05, 0.1) is 0 Å². The highest BCUT2D eigenvalue weighted by atomic mass is 16.2. The van der Waals surface area contributed by atoms with Crippen LogP contribution in [0.15, 0.2) is 35.4 Å². The third kappa shape index (κ3) is 2.77. The molecule has 1 fully saturated rings. The van der Waals surface area contributed by atoms with Gasteiger partial charge in [0, 0.05) is 30.1 Å². The molecule has 1 atom stereocenters. The van der Waals surface area contributed by atoms with Crippen molar-refractivity contribution in [3.8, 4) is 0 Å². The summed E-state index contributed by atoms with van der Waals surface area (Å²) in [5, 5.41) is 3.54. The summed E-state index contributed by atoms with van der Waals surface area (Å²) in [5.74, 6) is 0.305. The molecule has 88 valence electrons. The summed E-state index contributed by atoms with van der Waals surface area (Å²) >= 11 is 0. The second kappa shape index (κ2) is 5.37. The second-order valence-corrected chi connectivity index (χ2v) is 4.15. The van der Waals surface area contributed by atoms with Crippen LogP contribution in [-0.2, 0) is 4.79 Å². The molecule has 1 heterocycles. The van der Waals surface area contributed by atoms with E-state index in [1.807, 2.05) is 30.3 Å². The molecule has 1 amide bonds. The summed E-state index contributed by atoms with van der Waals surface area (Å²) < 4.78 is 0. The molecule has 0 saturated carbocycles. The molecule has 5 heteroatoms. The van der Waals surface area contributed by atoms with Gasteiger partial charge in [-0.2, -0.15) is 0 Å². The van der Waals surface area contributed by atoms with E-state index < -0.39 is 0 Å². The van der Waals surface area contributed by atoms with Crippen molar-refractivity contribution >= 4 is 11.6 Å². The van der Waals surface area contributed by atoms with Gasteiger partial charge in [0.2, 0.25) is 5.91 Å². The monoisotopic (exact) mass is 230 g/mol. The van der Waals surface area contributed by atoms with Crippen molar-refractivity contribution in [2.24, 2.45) is 11.0 Å². The summed E-state index contributed by atoms with van der Waals surface area (Å²) in [6.45, 7) is 1.12. The lowest BCUT2D eigenvalue weighted by atomic mass is 9.96. The maximum absolute atomic E-state index is 12.0. The van der Waals surface area contributed by atoms with E-state index in [0.717, 1.165) is 12.1 Å². The zero-order valence-corrected chi connectivity index (χ0v) is 9.49. The summed E-state index contributed by atoms with van der Waals surface area (Å²) in [6.07, 6.45) is 1.35. The Morgan fingerprint density at radius 1 is 1.41 bits per heavy atom. The predicted octanol–water partition coefficient (Wildman–Crippen LogP) is 2.74. The van der Waals surface area contributed by atoms with E-state index in [9.17, 15) is 4.79 Å². The van der Waals surface area contributed by atoms with Gasteiger partial charge in [-0.3, -0.25) is 4.79 Å². The smallest absolute Gasteiger partial charge is 0.227 e. The van der Waals surface area contributed by atoms with Crippen LogP contribution in [0.2, 0.25) is 0 Å². The number of amides is 1. The molecule has 1 aliphatic heterocycles. The zero-order valence-electron chi connectivity index (χ0n) is 9.49. The number of piperidine rings is 1. The highest BCUT2D eigenvalue weighted by Gasteiger charge is 2.25. The highest BCUT2D eigenvalue weighted by Crippen LogP contribution is 2.24. The van der Waals surface area contributed by atoms with Gasteiger partial charge in [0.25, 0.3) is 0 Å². The van der Waals surface area contributed by atoms with Crippen molar-refractivity contribution in [3.63, 3.8) is 0 Å². The molecule has 1 aliphatic rings. The molecule has 0 aromatic heterocycles. The Hall–Kier alpha value is -2.00. The number of anilines is 1. The highest BCUT2D eigenvalue weighted by molar-refractivity contribution is 5.94. The molecule has 1 aromatic rings. The van der Waals surface area contributed by atoms with E-state index in [0.29, 0.717) is 19.5 Å². The molecule has 2 rings (SSSR count). The van der Waals surface area contributed by atoms with Crippen LogP contribution in [0.4, 0.5) is 5.69 Å². The average Bonchev–Trinajstić information content (AvgIpc) is 2.37. The molecule has 1 saturated heterocycles. The summed E-state index contributed by atoms with van der Waals surface area (Å²) in [6, 6.07) is 9.66. The number of carbonyl (C=O) groups is 1. The molecule has 1 unspecified atom stereocenters. The maximum Gasteiger partial charge on any atom is 0.227 e. The van der Waals surface area contributed by atoms with Crippen molar-refractivity contribution in [3.05, 3.63) is 40.8 Å². The third-order valence-corrected chi connectivity index (χ3v) is 3.00. The Labute approximate surface area is 99.7 Å². The van der Waals surface area contributed by atoms with E-state index >= 15 is 0 Å². The fourth-order valence-electron chi connectivity index (χ4n) is 2.08. The Bertz CT molecular complexity index is 439. The third-order valence-electron chi connectivity index (χ3n) is 3.00. The van der Waals surface area contributed by atoms with Gasteiger partial charge < -0.3 is 4.90 Å². The minimum absolute atomic E-state index is 0.112.